The molecule has 1 aromatic heterocycles. The highest BCUT2D eigenvalue weighted by molar-refractivity contribution is 7.16. The van der Waals surface area contributed by atoms with Crippen molar-refractivity contribution < 1.29 is 10.0 Å². The zero-order valence-electron chi connectivity index (χ0n) is 12.2. The van der Waals surface area contributed by atoms with Gasteiger partial charge in [0.05, 0.1) is 11.0 Å². The van der Waals surface area contributed by atoms with E-state index in [1.54, 1.807) is 6.92 Å². The number of hydrogen-bond donors (Lipinski definition) is 1. The number of hydrogen-bond acceptors (Lipinski definition) is 5. The Hall–Kier alpha value is -1.92. The van der Waals surface area contributed by atoms with Crippen LogP contribution in [0.25, 0.3) is 0 Å². The van der Waals surface area contributed by atoms with Crippen molar-refractivity contribution in [2.45, 2.75) is 26.5 Å². The zero-order chi connectivity index (χ0) is 15.6. The lowest BCUT2D eigenvalue weighted by Crippen LogP contribution is -2.16. The van der Waals surface area contributed by atoms with E-state index in [4.69, 9.17) is 0 Å². The predicted molar refractivity (Wildman–Crippen MR) is 84.9 cm³/mol. The maximum Gasteiger partial charge on any atom is 0.304 e. The van der Waals surface area contributed by atoms with E-state index in [0.717, 1.165) is 5.56 Å². The molecule has 1 N–H and O–H groups in total. The lowest BCUT2D eigenvalue weighted by atomic mass is 10.1. The van der Waals surface area contributed by atoms with E-state index in [-0.39, 0.29) is 5.69 Å². The van der Waals surface area contributed by atoms with E-state index in [2.05, 4.69) is 0 Å². The van der Waals surface area contributed by atoms with Crippen molar-refractivity contribution in [3.63, 3.8) is 0 Å². The molecule has 2 rings (SSSR count). The van der Waals surface area contributed by atoms with Crippen LogP contribution in [0.2, 0.25) is 0 Å². The summed E-state index contributed by atoms with van der Waals surface area (Å²) >= 11 is 1.26. The number of nitrogens with zero attached hydrogens (tertiary/aromatic N) is 2. The van der Waals surface area contributed by atoms with Crippen LogP contribution in [0.15, 0.2) is 30.3 Å². The zero-order valence-corrected chi connectivity index (χ0v) is 13.1. The predicted octanol–water partition coefficient (Wildman–Crippen LogP) is 3.65. The van der Waals surface area contributed by atoms with Gasteiger partial charge in [0.15, 0.2) is 5.00 Å². The Balaban J connectivity index is 2.27. The molecule has 5 nitrogen and oxygen atoms in total. The lowest BCUT2D eigenvalue weighted by molar-refractivity contribution is -0.383. The maximum absolute atomic E-state index is 11.2. The number of aliphatic hydroxyl groups is 1. The van der Waals surface area contributed by atoms with Gasteiger partial charge in [0.2, 0.25) is 0 Å². The van der Waals surface area contributed by atoms with Gasteiger partial charge in [-0.1, -0.05) is 29.8 Å². The Bertz CT molecular complexity index is 635. The van der Waals surface area contributed by atoms with Crippen LogP contribution in [0, 0.1) is 17.0 Å². The van der Waals surface area contributed by atoms with Gasteiger partial charge in [-0.2, -0.15) is 0 Å². The second-order valence-electron chi connectivity index (χ2n) is 5.11. The van der Waals surface area contributed by atoms with Gasteiger partial charge in [0, 0.05) is 24.5 Å². The first-order chi connectivity index (χ1) is 9.88. The van der Waals surface area contributed by atoms with Gasteiger partial charge in [-0.05, 0) is 19.4 Å². The molecule has 1 atom stereocenters. The Kier molecular flexibility index (Phi) is 4.59. The van der Waals surface area contributed by atoms with Crippen LogP contribution in [0.1, 0.15) is 29.0 Å². The van der Waals surface area contributed by atoms with Crippen molar-refractivity contribution in [1.82, 2.24) is 0 Å². The van der Waals surface area contributed by atoms with Crippen LogP contribution in [0.5, 0.6) is 0 Å². The second kappa shape index (κ2) is 6.24. The van der Waals surface area contributed by atoms with Crippen molar-refractivity contribution >= 4 is 22.0 Å². The minimum absolute atomic E-state index is 0.0468. The molecule has 112 valence electrons. The van der Waals surface area contributed by atoms with Gasteiger partial charge in [-0.25, -0.2) is 0 Å². The average molecular weight is 306 g/mol. The van der Waals surface area contributed by atoms with Crippen LogP contribution in [-0.2, 0) is 6.54 Å². The van der Waals surface area contributed by atoms with Crippen molar-refractivity contribution in [1.29, 1.82) is 0 Å². The molecular formula is C15H18N2O3S. The minimum atomic E-state index is -0.699. The summed E-state index contributed by atoms with van der Waals surface area (Å²) in [6.45, 7) is 4.21. The molecule has 1 aromatic carbocycles. The topological polar surface area (TPSA) is 66.6 Å². The van der Waals surface area contributed by atoms with Crippen LogP contribution >= 0.6 is 11.3 Å². The van der Waals surface area contributed by atoms with Crippen molar-refractivity contribution in [2.24, 2.45) is 0 Å². The monoisotopic (exact) mass is 306 g/mol. The summed E-state index contributed by atoms with van der Waals surface area (Å²) < 4.78 is 0. The third-order valence-electron chi connectivity index (χ3n) is 3.21. The number of nitro groups is 1. The number of rotatable bonds is 5. The molecule has 0 bridgehead atoms. The SMILES string of the molecule is Cc1ccc(CN(C)c2sc(C(C)O)cc2[N+](=O)[O-])cc1. The molecule has 1 unspecified atom stereocenters. The Labute approximate surface area is 127 Å². The van der Waals surface area contributed by atoms with Gasteiger partial charge < -0.3 is 10.0 Å². The fourth-order valence-corrected chi connectivity index (χ4v) is 3.06. The molecule has 6 heteroatoms. The van der Waals surface area contributed by atoms with Crippen molar-refractivity contribution in [3.05, 3.63) is 56.5 Å². The van der Waals surface area contributed by atoms with E-state index < -0.39 is 11.0 Å². The molecule has 0 saturated carbocycles. The molecule has 1 heterocycles. The molecule has 0 spiro atoms. The summed E-state index contributed by atoms with van der Waals surface area (Å²) in [7, 11) is 1.82. The molecule has 0 aliphatic carbocycles. The summed E-state index contributed by atoms with van der Waals surface area (Å²) in [5.74, 6) is 0. The summed E-state index contributed by atoms with van der Waals surface area (Å²) in [5, 5.41) is 21.3. The van der Waals surface area contributed by atoms with Crippen LogP contribution in [-0.4, -0.2) is 17.1 Å². The van der Waals surface area contributed by atoms with Crippen molar-refractivity contribution in [2.75, 3.05) is 11.9 Å². The quantitative estimate of drug-likeness (QED) is 0.676. The first-order valence-corrected chi connectivity index (χ1v) is 7.43. The fourth-order valence-electron chi connectivity index (χ4n) is 2.04. The summed E-state index contributed by atoms with van der Waals surface area (Å²) in [4.78, 5) is 13.2. The van der Waals surface area contributed by atoms with Gasteiger partial charge in [0.25, 0.3) is 0 Å². The van der Waals surface area contributed by atoms with Gasteiger partial charge in [0.1, 0.15) is 0 Å². The normalized spacial score (nSPS) is 12.2. The largest absolute Gasteiger partial charge is 0.388 e. The van der Waals surface area contributed by atoms with E-state index >= 15 is 0 Å². The molecule has 0 aliphatic rings. The number of aliphatic hydroxyl groups excluding tert-OH is 1. The first-order valence-electron chi connectivity index (χ1n) is 6.61. The molecule has 2 aromatic rings. The van der Waals surface area contributed by atoms with Gasteiger partial charge in [-0.15, -0.1) is 11.3 Å². The van der Waals surface area contributed by atoms with Gasteiger partial charge >= 0.3 is 5.69 Å². The number of thiophene rings is 1. The molecule has 0 radical (unpaired) electrons. The lowest BCUT2D eigenvalue weighted by Gasteiger charge is -2.16. The third-order valence-corrected chi connectivity index (χ3v) is 4.62. The first kappa shape index (κ1) is 15.5. The fraction of sp³-hybridized carbons (Fsp3) is 0.333. The van der Waals surface area contributed by atoms with E-state index in [0.29, 0.717) is 16.4 Å². The average Bonchev–Trinajstić information content (AvgIpc) is 2.87. The maximum atomic E-state index is 11.2. The highest BCUT2D eigenvalue weighted by atomic mass is 32.1. The van der Waals surface area contributed by atoms with Crippen LogP contribution in [0.4, 0.5) is 10.7 Å². The Morgan fingerprint density at radius 3 is 2.52 bits per heavy atom. The van der Waals surface area contributed by atoms with Crippen LogP contribution < -0.4 is 4.90 Å². The summed E-state index contributed by atoms with van der Waals surface area (Å²) in [6, 6.07) is 9.53. The summed E-state index contributed by atoms with van der Waals surface area (Å²) in [5.41, 5.74) is 2.31. The van der Waals surface area contributed by atoms with Gasteiger partial charge in [-0.3, -0.25) is 10.1 Å². The molecule has 21 heavy (non-hydrogen) atoms. The number of anilines is 1. The second-order valence-corrected chi connectivity index (χ2v) is 6.18. The standard InChI is InChI=1S/C15H18N2O3S/c1-10-4-6-12(7-5-10)9-16(3)15-13(17(19)20)8-14(21-15)11(2)18/h4-8,11,18H,9H2,1-3H3. The Morgan fingerprint density at radius 2 is 2.00 bits per heavy atom. The van der Waals surface area contributed by atoms with E-state index in [9.17, 15) is 15.2 Å². The Morgan fingerprint density at radius 1 is 1.38 bits per heavy atom. The minimum Gasteiger partial charge on any atom is -0.388 e. The van der Waals surface area contributed by atoms with Crippen molar-refractivity contribution in [3.8, 4) is 0 Å². The summed E-state index contributed by atoms with van der Waals surface area (Å²) in [6.07, 6.45) is -0.699. The molecule has 0 aliphatic heterocycles. The van der Waals surface area contributed by atoms with Crippen LogP contribution in [0.3, 0.4) is 0 Å². The smallest absolute Gasteiger partial charge is 0.304 e. The van der Waals surface area contributed by atoms with E-state index in [1.807, 2.05) is 43.1 Å². The molecular weight excluding hydrogens is 288 g/mol. The molecule has 0 fully saturated rings. The highest BCUT2D eigenvalue weighted by Gasteiger charge is 2.23. The molecule has 0 saturated heterocycles. The third kappa shape index (κ3) is 3.59. The number of benzene rings is 1. The molecule has 0 amide bonds. The number of aryl methyl sites for hydroxylation is 1. The van der Waals surface area contributed by atoms with E-state index in [1.165, 1.54) is 23.0 Å². The highest BCUT2D eigenvalue weighted by Crippen LogP contribution is 2.40.